The molecule has 0 unspecified atom stereocenters. The van der Waals surface area contributed by atoms with Crippen LogP contribution in [0.1, 0.15) is 17.3 Å². The molecule has 0 fully saturated rings. The van der Waals surface area contributed by atoms with Gasteiger partial charge in [0.25, 0.3) is 0 Å². The highest BCUT2D eigenvalue weighted by Crippen LogP contribution is 2.28. The quantitative estimate of drug-likeness (QED) is 0.776. The maximum absolute atomic E-state index is 11.9. The summed E-state index contributed by atoms with van der Waals surface area (Å²) in [4.78, 5) is 11.0. The fourth-order valence-corrected chi connectivity index (χ4v) is 1.35. The molecule has 1 rings (SSSR count). The molecule has 0 bridgehead atoms. The number of alkyl halides is 3. The number of Topliss-reactive ketones (excluding diaryl/α,β-unsaturated/α-hetero) is 1. The van der Waals surface area contributed by atoms with Gasteiger partial charge in [0.05, 0.1) is 5.56 Å². The second kappa shape index (κ2) is 4.22. The first kappa shape index (κ1) is 12.0. The van der Waals surface area contributed by atoms with Gasteiger partial charge in [-0.15, -0.1) is 13.2 Å². The van der Waals surface area contributed by atoms with Crippen molar-refractivity contribution < 1.29 is 22.7 Å². The van der Waals surface area contributed by atoms with Crippen molar-refractivity contribution in [2.45, 2.75) is 13.3 Å². The van der Waals surface area contributed by atoms with Gasteiger partial charge < -0.3 is 4.74 Å². The van der Waals surface area contributed by atoms with Gasteiger partial charge in [-0.25, -0.2) is 0 Å². The molecule has 1 aromatic rings. The topological polar surface area (TPSA) is 26.3 Å². The Morgan fingerprint density at radius 3 is 2.47 bits per heavy atom. The molecule has 0 N–H and O–H groups in total. The van der Waals surface area contributed by atoms with E-state index in [1.54, 1.807) is 0 Å². The molecule has 0 saturated heterocycles. The highest BCUT2D eigenvalue weighted by Gasteiger charge is 2.32. The van der Waals surface area contributed by atoms with E-state index in [4.69, 9.17) is 0 Å². The van der Waals surface area contributed by atoms with E-state index in [2.05, 4.69) is 20.7 Å². The van der Waals surface area contributed by atoms with Crippen molar-refractivity contribution in [3.63, 3.8) is 0 Å². The Bertz CT molecular complexity index is 387. The highest BCUT2D eigenvalue weighted by atomic mass is 79.9. The summed E-state index contributed by atoms with van der Waals surface area (Å²) in [7, 11) is 0. The van der Waals surface area contributed by atoms with Gasteiger partial charge >= 0.3 is 6.36 Å². The van der Waals surface area contributed by atoms with Crippen molar-refractivity contribution in [3.8, 4) is 5.75 Å². The standard InChI is InChI=1S/C9H6BrF3O2/c1-5(14)7-4-6(10)2-3-8(7)15-9(11,12)13/h2-4H,1H3. The molecular formula is C9H6BrF3O2. The molecule has 0 spiro atoms. The molecule has 0 aromatic heterocycles. The van der Waals surface area contributed by atoms with E-state index in [1.165, 1.54) is 19.1 Å². The van der Waals surface area contributed by atoms with Crippen LogP contribution in [0.3, 0.4) is 0 Å². The minimum atomic E-state index is -4.79. The molecule has 0 saturated carbocycles. The van der Waals surface area contributed by atoms with E-state index in [0.717, 1.165) is 6.07 Å². The smallest absolute Gasteiger partial charge is 0.405 e. The number of hydrogen-bond donors (Lipinski definition) is 0. The molecule has 2 nitrogen and oxygen atoms in total. The highest BCUT2D eigenvalue weighted by molar-refractivity contribution is 9.10. The molecule has 0 radical (unpaired) electrons. The number of carbonyl (C=O) groups excluding carboxylic acids is 1. The Hall–Kier alpha value is -1.04. The van der Waals surface area contributed by atoms with Gasteiger partial charge in [-0.2, -0.15) is 0 Å². The number of hydrogen-bond acceptors (Lipinski definition) is 2. The van der Waals surface area contributed by atoms with Crippen LogP contribution in [0.4, 0.5) is 13.2 Å². The Kier molecular flexibility index (Phi) is 3.38. The minimum Gasteiger partial charge on any atom is -0.405 e. The average molecular weight is 283 g/mol. The monoisotopic (exact) mass is 282 g/mol. The lowest BCUT2D eigenvalue weighted by molar-refractivity contribution is -0.274. The summed E-state index contributed by atoms with van der Waals surface area (Å²) in [5.74, 6) is -0.978. The molecular weight excluding hydrogens is 277 g/mol. The second-order valence-electron chi connectivity index (χ2n) is 2.74. The van der Waals surface area contributed by atoms with Crippen molar-refractivity contribution in [1.29, 1.82) is 0 Å². The number of ether oxygens (including phenoxy) is 1. The van der Waals surface area contributed by atoms with Gasteiger partial charge in [0.15, 0.2) is 5.78 Å². The van der Waals surface area contributed by atoms with E-state index < -0.39 is 17.9 Å². The predicted octanol–water partition coefficient (Wildman–Crippen LogP) is 3.55. The lowest BCUT2D eigenvalue weighted by Gasteiger charge is -2.11. The maximum atomic E-state index is 11.9. The van der Waals surface area contributed by atoms with E-state index in [9.17, 15) is 18.0 Å². The predicted molar refractivity (Wildman–Crippen MR) is 50.8 cm³/mol. The minimum absolute atomic E-state index is 0.110. The maximum Gasteiger partial charge on any atom is 0.573 e. The van der Waals surface area contributed by atoms with Crippen molar-refractivity contribution >= 4 is 21.7 Å². The molecule has 15 heavy (non-hydrogen) atoms. The normalized spacial score (nSPS) is 11.3. The summed E-state index contributed by atoms with van der Waals surface area (Å²) in [6.45, 7) is 1.17. The summed E-state index contributed by atoms with van der Waals surface area (Å²) < 4.78 is 40.0. The number of ketones is 1. The lowest BCUT2D eigenvalue weighted by atomic mass is 10.1. The van der Waals surface area contributed by atoms with Crippen LogP contribution in [0.2, 0.25) is 0 Å². The van der Waals surface area contributed by atoms with Gasteiger partial charge in [0, 0.05) is 4.47 Å². The van der Waals surface area contributed by atoms with Crippen LogP contribution in [0, 0.1) is 0 Å². The zero-order valence-electron chi connectivity index (χ0n) is 7.56. The lowest BCUT2D eigenvalue weighted by Crippen LogP contribution is -2.18. The first-order chi connectivity index (χ1) is 6.79. The largest absolute Gasteiger partial charge is 0.573 e. The summed E-state index contributed by atoms with van der Waals surface area (Å²) in [6.07, 6.45) is -4.79. The summed E-state index contributed by atoms with van der Waals surface area (Å²) >= 11 is 3.06. The fourth-order valence-electron chi connectivity index (χ4n) is 0.991. The molecule has 6 heteroatoms. The molecule has 1 aromatic carbocycles. The Balaban J connectivity index is 3.12. The van der Waals surface area contributed by atoms with Crippen LogP contribution in [-0.4, -0.2) is 12.1 Å². The molecule has 0 aliphatic heterocycles. The van der Waals surface area contributed by atoms with Crippen LogP contribution in [0.15, 0.2) is 22.7 Å². The first-order valence-corrected chi connectivity index (χ1v) is 4.65. The van der Waals surface area contributed by atoms with E-state index in [-0.39, 0.29) is 5.56 Å². The Morgan fingerprint density at radius 1 is 1.40 bits per heavy atom. The van der Waals surface area contributed by atoms with Crippen LogP contribution in [0.5, 0.6) is 5.75 Å². The van der Waals surface area contributed by atoms with E-state index in [0.29, 0.717) is 4.47 Å². The van der Waals surface area contributed by atoms with Crippen molar-refractivity contribution in [3.05, 3.63) is 28.2 Å². The Labute approximate surface area is 92.2 Å². The number of halogens is 4. The van der Waals surface area contributed by atoms with Gasteiger partial charge in [0.1, 0.15) is 5.75 Å². The zero-order chi connectivity index (χ0) is 11.6. The van der Waals surface area contributed by atoms with Gasteiger partial charge in [-0.05, 0) is 25.1 Å². The molecule has 0 aliphatic carbocycles. The van der Waals surface area contributed by atoms with E-state index in [1.807, 2.05) is 0 Å². The van der Waals surface area contributed by atoms with Crippen molar-refractivity contribution in [2.75, 3.05) is 0 Å². The van der Waals surface area contributed by atoms with Crippen molar-refractivity contribution in [1.82, 2.24) is 0 Å². The SMILES string of the molecule is CC(=O)c1cc(Br)ccc1OC(F)(F)F. The molecule has 0 atom stereocenters. The van der Waals surface area contributed by atoms with Gasteiger partial charge in [0.2, 0.25) is 0 Å². The summed E-state index contributed by atoms with van der Waals surface area (Å²) in [5, 5.41) is 0. The Morgan fingerprint density at radius 2 is 2.00 bits per heavy atom. The van der Waals surface area contributed by atoms with Crippen LogP contribution in [0.25, 0.3) is 0 Å². The summed E-state index contributed by atoms with van der Waals surface area (Å²) in [5.41, 5.74) is -0.110. The third-order valence-electron chi connectivity index (χ3n) is 1.55. The third kappa shape index (κ3) is 3.54. The molecule has 0 heterocycles. The molecule has 0 aliphatic rings. The molecule has 0 amide bonds. The van der Waals surface area contributed by atoms with Crippen LogP contribution >= 0.6 is 15.9 Å². The average Bonchev–Trinajstić information content (AvgIpc) is 2.05. The first-order valence-electron chi connectivity index (χ1n) is 3.86. The zero-order valence-corrected chi connectivity index (χ0v) is 9.15. The van der Waals surface area contributed by atoms with Gasteiger partial charge in [-0.1, -0.05) is 15.9 Å². The van der Waals surface area contributed by atoms with Crippen LogP contribution < -0.4 is 4.74 Å². The number of benzene rings is 1. The van der Waals surface area contributed by atoms with E-state index >= 15 is 0 Å². The summed E-state index contributed by atoms with van der Waals surface area (Å²) in [6, 6.07) is 3.74. The molecule has 82 valence electrons. The van der Waals surface area contributed by atoms with Crippen molar-refractivity contribution in [2.24, 2.45) is 0 Å². The van der Waals surface area contributed by atoms with Crippen LogP contribution in [-0.2, 0) is 0 Å². The third-order valence-corrected chi connectivity index (χ3v) is 2.04. The fraction of sp³-hybridized carbons (Fsp3) is 0.222. The number of rotatable bonds is 2. The van der Waals surface area contributed by atoms with Gasteiger partial charge in [-0.3, -0.25) is 4.79 Å². The number of carbonyl (C=O) groups is 1. The second-order valence-corrected chi connectivity index (χ2v) is 3.66.